The summed E-state index contributed by atoms with van der Waals surface area (Å²) in [5, 5.41) is 5.29. The van der Waals surface area contributed by atoms with E-state index in [0.717, 1.165) is 37.4 Å². The molecule has 0 unspecified atom stereocenters. The van der Waals surface area contributed by atoms with E-state index in [1.807, 2.05) is 12.1 Å². The fourth-order valence-electron chi connectivity index (χ4n) is 4.11. The van der Waals surface area contributed by atoms with Gasteiger partial charge in [0.15, 0.2) is 0 Å². The van der Waals surface area contributed by atoms with Crippen LogP contribution in [0, 0.1) is 11.6 Å². The zero-order valence-electron chi connectivity index (χ0n) is 19.2. The summed E-state index contributed by atoms with van der Waals surface area (Å²) in [6, 6.07) is 15.8. The van der Waals surface area contributed by atoms with Crippen LogP contribution < -0.4 is 15.5 Å². The molecular formula is C26H27F2N5O2. The third kappa shape index (κ3) is 6.60. The van der Waals surface area contributed by atoms with Crippen LogP contribution in [0.3, 0.4) is 0 Å². The number of piperazine rings is 1. The van der Waals surface area contributed by atoms with Crippen molar-refractivity contribution in [3.05, 3.63) is 95.8 Å². The minimum Gasteiger partial charge on any atom is -0.369 e. The Morgan fingerprint density at radius 2 is 1.49 bits per heavy atom. The standard InChI is InChI=1S/C26H27F2N5O2/c27-21-5-3-19(4-6-21)16-30-25(34)26(35)31-18-24(20-2-1-11-29-17-20)33-14-12-32(13-15-33)23-9-7-22(28)8-10-23/h1-11,17,24H,12-16,18H2,(H,30,34)(H,31,35)/t24-/m1/s1. The highest BCUT2D eigenvalue weighted by Crippen LogP contribution is 2.23. The summed E-state index contributed by atoms with van der Waals surface area (Å²) in [6.07, 6.45) is 3.45. The van der Waals surface area contributed by atoms with Gasteiger partial charge in [-0.1, -0.05) is 18.2 Å². The number of nitrogens with one attached hydrogen (secondary N) is 2. The molecule has 3 aromatic rings. The van der Waals surface area contributed by atoms with Crippen molar-refractivity contribution >= 4 is 17.5 Å². The number of hydrogen-bond acceptors (Lipinski definition) is 5. The van der Waals surface area contributed by atoms with Crippen LogP contribution in [0.2, 0.25) is 0 Å². The minimum absolute atomic E-state index is 0.129. The number of amides is 2. The van der Waals surface area contributed by atoms with Crippen LogP contribution in [0.1, 0.15) is 17.2 Å². The van der Waals surface area contributed by atoms with Crippen molar-refractivity contribution in [2.24, 2.45) is 0 Å². The predicted octanol–water partition coefficient (Wildman–Crippen LogP) is 2.66. The number of carbonyl (C=O) groups is 2. The number of rotatable bonds is 7. The number of benzene rings is 2. The monoisotopic (exact) mass is 479 g/mol. The van der Waals surface area contributed by atoms with Crippen molar-refractivity contribution in [1.29, 1.82) is 0 Å². The van der Waals surface area contributed by atoms with Crippen LogP contribution in [0.5, 0.6) is 0 Å². The predicted molar refractivity (Wildman–Crippen MR) is 128 cm³/mol. The first-order valence-electron chi connectivity index (χ1n) is 11.4. The number of anilines is 1. The summed E-state index contributed by atoms with van der Waals surface area (Å²) in [6.45, 7) is 3.31. The first-order valence-corrected chi connectivity index (χ1v) is 11.4. The Morgan fingerprint density at radius 3 is 2.11 bits per heavy atom. The highest BCUT2D eigenvalue weighted by Gasteiger charge is 2.26. The van der Waals surface area contributed by atoms with E-state index in [-0.39, 0.29) is 30.8 Å². The van der Waals surface area contributed by atoms with E-state index in [1.54, 1.807) is 36.7 Å². The third-order valence-electron chi connectivity index (χ3n) is 6.04. The molecule has 7 nitrogen and oxygen atoms in total. The minimum atomic E-state index is -0.750. The Bertz CT molecular complexity index is 1120. The van der Waals surface area contributed by atoms with Crippen molar-refractivity contribution in [2.45, 2.75) is 12.6 Å². The maximum Gasteiger partial charge on any atom is 0.309 e. The largest absolute Gasteiger partial charge is 0.369 e. The molecule has 35 heavy (non-hydrogen) atoms. The van der Waals surface area contributed by atoms with Gasteiger partial charge in [-0.25, -0.2) is 8.78 Å². The maximum absolute atomic E-state index is 13.3. The number of aromatic nitrogens is 1. The second-order valence-corrected chi connectivity index (χ2v) is 8.32. The number of carbonyl (C=O) groups excluding carboxylic acids is 2. The molecule has 2 aromatic carbocycles. The van der Waals surface area contributed by atoms with Crippen LogP contribution in [0.25, 0.3) is 0 Å². The summed E-state index contributed by atoms with van der Waals surface area (Å²) >= 11 is 0. The van der Waals surface area contributed by atoms with Gasteiger partial charge >= 0.3 is 11.8 Å². The Labute approximate surface area is 202 Å². The number of halogens is 2. The van der Waals surface area contributed by atoms with E-state index in [4.69, 9.17) is 0 Å². The van der Waals surface area contributed by atoms with Gasteiger partial charge in [-0.15, -0.1) is 0 Å². The molecule has 2 amide bonds. The molecule has 1 fully saturated rings. The summed E-state index contributed by atoms with van der Waals surface area (Å²) in [5.74, 6) is -2.11. The van der Waals surface area contributed by atoms with Crippen LogP contribution in [0.4, 0.5) is 14.5 Å². The molecule has 1 aliphatic heterocycles. The average Bonchev–Trinajstić information content (AvgIpc) is 2.89. The van der Waals surface area contributed by atoms with Gasteiger partial charge in [-0.05, 0) is 53.6 Å². The SMILES string of the molecule is O=C(NCc1ccc(F)cc1)C(=O)NC[C@H](c1cccnc1)N1CCN(c2ccc(F)cc2)CC1. The van der Waals surface area contributed by atoms with Crippen molar-refractivity contribution in [2.75, 3.05) is 37.6 Å². The number of pyridine rings is 1. The van der Waals surface area contributed by atoms with Crippen LogP contribution in [0.15, 0.2) is 73.1 Å². The van der Waals surface area contributed by atoms with Gasteiger partial charge in [0.25, 0.3) is 0 Å². The third-order valence-corrected chi connectivity index (χ3v) is 6.04. The molecule has 0 radical (unpaired) electrons. The van der Waals surface area contributed by atoms with E-state index in [0.29, 0.717) is 5.56 Å². The molecule has 0 aliphatic carbocycles. The Morgan fingerprint density at radius 1 is 0.857 bits per heavy atom. The molecular weight excluding hydrogens is 452 g/mol. The first kappa shape index (κ1) is 24.3. The summed E-state index contributed by atoms with van der Waals surface area (Å²) in [4.78, 5) is 33.4. The highest BCUT2D eigenvalue weighted by atomic mass is 19.1. The van der Waals surface area contributed by atoms with E-state index in [1.165, 1.54) is 24.3 Å². The van der Waals surface area contributed by atoms with Gasteiger partial charge in [0.2, 0.25) is 0 Å². The van der Waals surface area contributed by atoms with Crippen LogP contribution in [-0.2, 0) is 16.1 Å². The van der Waals surface area contributed by atoms with Crippen molar-refractivity contribution in [1.82, 2.24) is 20.5 Å². The lowest BCUT2D eigenvalue weighted by molar-refractivity contribution is -0.139. The fraction of sp³-hybridized carbons (Fsp3) is 0.269. The van der Waals surface area contributed by atoms with E-state index in [2.05, 4.69) is 25.4 Å². The zero-order valence-corrected chi connectivity index (χ0v) is 19.2. The van der Waals surface area contributed by atoms with Crippen molar-refractivity contribution < 1.29 is 18.4 Å². The molecule has 1 aromatic heterocycles. The van der Waals surface area contributed by atoms with E-state index >= 15 is 0 Å². The molecule has 1 atom stereocenters. The average molecular weight is 480 g/mol. The van der Waals surface area contributed by atoms with Gasteiger partial charge < -0.3 is 15.5 Å². The van der Waals surface area contributed by atoms with Gasteiger partial charge in [0.05, 0.1) is 6.04 Å². The lowest BCUT2D eigenvalue weighted by Gasteiger charge is -2.40. The zero-order chi connectivity index (χ0) is 24.6. The summed E-state index contributed by atoms with van der Waals surface area (Å²) in [5.41, 5.74) is 2.60. The molecule has 0 spiro atoms. The number of nitrogens with zero attached hydrogens (tertiary/aromatic N) is 3. The van der Waals surface area contributed by atoms with Crippen LogP contribution in [-0.4, -0.2) is 54.4 Å². The van der Waals surface area contributed by atoms with Gasteiger partial charge in [-0.2, -0.15) is 0 Å². The topological polar surface area (TPSA) is 77.6 Å². The smallest absolute Gasteiger partial charge is 0.309 e. The molecule has 0 saturated carbocycles. The Balaban J connectivity index is 1.34. The van der Waals surface area contributed by atoms with E-state index < -0.39 is 11.8 Å². The molecule has 9 heteroatoms. The molecule has 4 rings (SSSR count). The quantitative estimate of drug-likeness (QED) is 0.510. The summed E-state index contributed by atoms with van der Waals surface area (Å²) < 4.78 is 26.3. The Hall–Kier alpha value is -3.85. The maximum atomic E-state index is 13.3. The Kier molecular flexibility index (Phi) is 7.99. The van der Waals surface area contributed by atoms with Gasteiger partial charge in [0, 0.05) is 57.3 Å². The molecule has 182 valence electrons. The van der Waals surface area contributed by atoms with Crippen LogP contribution >= 0.6 is 0 Å². The normalized spacial score (nSPS) is 14.9. The molecule has 1 aliphatic rings. The molecule has 0 bridgehead atoms. The van der Waals surface area contributed by atoms with Crippen molar-refractivity contribution in [3.63, 3.8) is 0 Å². The molecule has 1 saturated heterocycles. The second kappa shape index (κ2) is 11.5. The summed E-state index contributed by atoms with van der Waals surface area (Å²) in [7, 11) is 0. The lowest BCUT2D eigenvalue weighted by Crippen LogP contribution is -2.50. The molecule has 2 heterocycles. The van der Waals surface area contributed by atoms with Gasteiger partial charge in [-0.3, -0.25) is 19.5 Å². The van der Waals surface area contributed by atoms with E-state index in [9.17, 15) is 18.4 Å². The highest BCUT2D eigenvalue weighted by molar-refractivity contribution is 6.35. The lowest BCUT2D eigenvalue weighted by atomic mass is 10.1. The first-order chi connectivity index (χ1) is 17.0. The van der Waals surface area contributed by atoms with Crippen molar-refractivity contribution in [3.8, 4) is 0 Å². The number of hydrogen-bond donors (Lipinski definition) is 2. The second-order valence-electron chi connectivity index (χ2n) is 8.32. The molecule has 2 N–H and O–H groups in total. The van der Waals surface area contributed by atoms with Gasteiger partial charge in [0.1, 0.15) is 11.6 Å². The fourth-order valence-corrected chi connectivity index (χ4v) is 4.11.